The highest BCUT2D eigenvalue weighted by Crippen LogP contribution is 2.32. The van der Waals surface area contributed by atoms with E-state index >= 15 is 0 Å². The standard InChI is InChI=1S/C29H30N6O4/c1-19-9-11-21(12-10-19)28-31-33-34(32-28)18-26(38)35(23-7-4-8-25(37)17-23)27(20-13-15-24(36)16-14-20)29(39)30-22-5-2-3-6-22/h4,7-17,22,27,36-37H,2-3,5-6,18H2,1H3,(H,30,39)/t27-/m1/s1. The number of carbonyl (C=O) groups is 2. The number of hydrogen-bond acceptors (Lipinski definition) is 7. The number of hydrogen-bond donors (Lipinski definition) is 3. The zero-order valence-electron chi connectivity index (χ0n) is 21.6. The fraction of sp³-hybridized carbons (Fsp3) is 0.276. The lowest BCUT2D eigenvalue weighted by molar-refractivity contribution is -0.127. The second kappa shape index (κ2) is 11.3. The van der Waals surface area contributed by atoms with E-state index in [0.29, 0.717) is 17.1 Å². The van der Waals surface area contributed by atoms with Crippen molar-refractivity contribution in [2.24, 2.45) is 0 Å². The summed E-state index contributed by atoms with van der Waals surface area (Å²) < 4.78 is 0. The minimum atomic E-state index is -1.07. The maximum Gasteiger partial charge on any atom is 0.251 e. The number of benzene rings is 3. The molecule has 1 atom stereocenters. The first-order valence-corrected chi connectivity index (χ1v) is 12.9. The molecule has 1 aromatic heterocycles. The summed E-state index contributed by atoms with van der Waals surface area (Å²) in [6.07, 6.45) is 3.81. The minimum Gasteiger partial charge on any atom is -0.508 e. The van der Waals surface area contributed by atoms with Crippen LogP contribution in [0.15, 0.2) is 72.8 Å². The van der Waals surface area contributed by atoms with Crippen LogP contribution in [0.25, 0.3) is 11.4 Å². The van der Waals surface area contributed by atoms with Gasteiger partial charge in [0.2, 0.25) is 11.7 Å². The third-order valence-electron chi connectivity index (χ3n) is 6.83. The maximum atomic E-state index is 13.9. The molecule has 1 heterocycles. The minimum absolute atomic E-state index is 0.0206. The lowest BCUT2D eigenvalue weighted by atomic mass is 10.0. The number of rotatable bonds is 8. The molecule has 39 heavy (non-hydrogen) atoms. The summed E-state index contributed by atoms with van der Waals surface area (Å²) in [6, 6.07) is 19.0. The fourth-order valence-electron chi connectivity index (χ4n) is 4.83. The number of nitrogens with zero attached hydrogens (tertiary/aromatic N) is 5. The molecule has 3 N–H and O–H groups in total. The van der Waals surface area contributed by atoms with Crippen molar-refractivity contribution in [3.63, 3.8) is 0 Å². The summed E-state index contributed by atoms with van der Waals surface area (Å²) in [5.41, 5.74) is 2.70. The van der Waals surface area contributed by atoms with Gasteiger partial charge < -0.3 is 15.5 Å². The third kappa shape index (κ3) is 6.06. The Morgan fingerprint density at radius 1 is 1.00 bits per heavy atom. The molecule has 0 radical (unpaired) electrons. The number of aryl methyl sites for hydroxylation is 1. The van der Waals surface area contributed by atoms with Gasteiger partial charge in [0, 0.05) is 23.4 Å². The van der Waals surface area contributed by atoms with Crippen molar-refractivity contribution in [2.45, 2.75) is 51.2 Å². The lowest BCUT2D eigenvalue weighted by Crippen LogP contribution is -2.47. The van der Waals surface area contributed by atoms with Gasteiger partial charge in [0.15, 0.2) is 0 Å². The van der Waals surface area contributed by atoms with Gasteiger partial charge in [-0.3, -0.25) is 14.5 Å². The van der Waals surface area contributed by atoms with E-state index in [-0.39, 0.29) is 30.0 Å². The van der Waals surface area contributed by atoms with E-state index in [1.54, 1.807) is 24.3 Å². The van der Waals surface area contributed by atoms with E-state index in [2.05, 4.69) is 20.7 Å². The summed E-state index contributed by atoms with van der Waals surface area (Å²) in [7, 11) is 0. The van der Waals surface area contributed by atoms with Crippen LogP contribution in [0.2, 0.25) is 0 Å². The highest BCUT2D eigenvalue weighted by molar-refractivity contribution is 6.01. The van der Waals surface area contributed by atoms with Gasteiger partial charge in [0.1, 0.15) is 24.1 Å². The topological polar surface area (TPSA) is 133 Å². The molecule has 4 aromatic rings. The second-order valence-electron chi connectivity index (χ2n) is 9.78. The number of carbonyl (C=O) groups excluding carboxylic acids is 2. The van der Waals surface area contributed by atoms with Crippen molar-refractivity contribution in [3.05, 3.63) is 83.9 Å². The molecule has 1 aliphatic carbocycles. The van der Waals surface area contributed by atoms with Crippen molar-refractivity contribution in [1.82, 2.24) is 25.5 Å². The summed E-state index contributed by atoms with van der Waals surface area (Å²) >= 11 is 0. The fourth-order valence-corrected chi connectivity index (χ4v) is 4.83. The number of phenolic OH excluding ortho intramolecular Hbond substituents is 2. The molecule has 1 saturated carbocycles. The smallest absolute Gasteiger partial charge is 0.251 e. The average Bonchev–Trinajstić information content (AvgIpc) is 3.60. The number of aromatic hydroxyl groups is 2. The molecular weight excluding hydrogens is 496 g/mol. The molecule has 0 aliphatic heterocycles. The predicted molar refractivity (Wildman–Crippen MR) is 145 cm³/mol. The largest absolute Gasteiger partial charge is 0.508 e. The van der Waals surface area contributed by atoms with Crippen LogP contribution in [-0.2, 0) is 16.1 Å². The number of phenols is 2. The Balaban J connectivity index is 1.50. The third-order valence-corrected chi connectivity index (χ3v) is 6.83. The Morgan fingerprint density at radius 3 is 2.41 bits per heavy atom. The predicted octanol–water partition coefficient (Wildman–Crippen LogP) is 3.89. The Kier molecular flexibility index (Phi) is 7.53. The summed E-state index contributed by atoms with van der Waals surface area (Å²) in [5, 5.41) is 35.7. The Bertz CT molecular complexity index is 1450. The van der Waals surface area contributed by atoms with Gasteiger partial charge in [-0.25, -0.2) is 0 Å². The van der Waals surface area contributed by atoms with E-state index in [9.17, 15) is 19.8 Å². The van der Waals surface area contributed by atoms with Crippen molar-refractivity contribution in [1.29, 1.82) is 0 Å². The zero-order chi connectivity index (χ0) is 27.4. The van der Waals surface area contributed by atoms with E-state index in [1.807, 2.05) is 31.2 Å². The van der Waals surface area contributed by atoms with Gasteiger partial charge >= 0.3 is 0 Å². The van der Waals surface area contributed by atoms with Crippen LogP contribution in [0.4, 0.5) is 5.69 Å². The number of tetrazole rings is 1. The van der Waals surface area contributed by atoms with Gasteiger partial charge in [-0.05, 0) is 54.8 Å². The van der Waals surface area contributed by atoms with E-state index in [4.69, 9.17) is 0 Å². The van der Waals surface area contributed by atoms with Gasteiger partial charge in [-0.2, -0.15) is 4.80 Å². The first kappa shape index (κ1) is 25.9. The molecule has 1 aliphatic rings. The molecule has 0 bridgehead atoms. The molecular formula is C29H30N6O4. The average molecular weight is 527 g/mol. The van der Waals surface area contributed by atoms with Crippen molar-refractivity contribution < 1.29 is 19.8 Å². The number of aromatic nitrogens is 4. The van der Waals surface area contributed by atoms with Crippen LogP contribution >= 0.6 is 0 Å². The first-order chi connectivity index (χ1) is 18.9. The van der Waals surface area contributed by atoms with Gasteiger partial charge in [0.25, 0.3) is 5.91 Å². The molecule has 0 spiro atoms. The maximum absolute atomic E-state index is 13.9. The van der Waals surface area contributed by atoms with Crippen LogP contribution in [0.3, 0.4) is 0 Å². The van der Waals surface area contributed by atoms with E-state index in [1.165, 1.54) is 34.0 Å². The highest BCUT2D eigenvalue weighted by atomic mass is 16.3. The van der Waals surface area contributed by atoms with E-state index in [0.717, 1.165) is 36.8 Å². The molecule has 0 unspecified atom stereocenters. The van der Waals surface area contributed by atoms with Crippen LogP contribution in [0.5, 0.6) is 11.5 Å². The van der Waals surface area contributed by atoms with Crippen molar-refractivity contribution >= 4 is 17.5 Å². The van der Waals surface area contributed by atoms with Crippen LogP contribution in [0.1, 0.15) is 42.9 Å². The monoisotopic (exact) mass is 526 g/mol. The summed E-state index contributed by atoms with van der Waals surface area (Å²) in [4.78, 5) is 30.2. The molecule has 3 aromatic carbocycles. The lowest BCUT2D eigenvalue weighted by Gasteiger charge is -2.32. The summed E-state index contributed by atoms with van der Waals surface area (Å²) in [5.74, 6) is -0.462. The number of anilines is 1. The Morgan fingerprint density at radius 2 is 1.72 bits per heavy atom. The van der Waals surface area contributed by atoms with Crippen molar-refractivity contribution in [3.8, 4) is 22.9 Å². The van der Waals surface area contributed by atoms with Crippen LogP contribution in [0, 0.1) is 6.92 Å². The molecule has 5 rings (SSSR count). The van der Waals surface area contributed by atoms with Crippen molar-refractivity contribution in [2.75, 3.05) is 4.90 Å². The molecule has 1 fully saturated rings. The number of nitrogens with one attached hydrogen (secondary N) is 1. The molecule has 2 amide bonds. The van der Waals surface area contributed by atoms with Crippen LogP contribution < -0.4 is 10.2 Å². The Hall–Kier alpha value is -4.73. The molecule has 200 valence electrons. The van der Waals surface area contributed by atoms with Gasteiger partial charge in [-0.1, -0.05) is 60.9 Å². The normalized spacial score (nSPS) is 14.2. The quantitative estimate of drug-likeness (QED) is 0.317. The zero-order valence-corrected chi connectivity index (χ0v) is 21.6. The molecule has 10 nitrogen and oxygen atoms in total. The molecule has 10 heteroatoms. The first-order valence-electron chi connectivity index (χ1n) is 12.9. The van der Waals surface area contributed by atoms with E-state index < -0.39 is 11.9 Å². The SMILES string of the molecule is Cc1ccc(-c2nnn(CC(=O)N(c3cccc(O)c3)[C@@H](C(=O)NC3CCCC3)c3ccc(O)cc3)n2)cc1. The second-order valence-corrected chi connectivity index (χ2v) is 9.78. The van der Waals surface area contributed by atoms with Crippen LogP contribution in [-0.4, -0.2) is 48.3 Å². The molecule has 0 saturated heterocycles. The number of amides is 2. The Labute approximate surface area is 225 Å². The summed E-state index contributed by atoms with van der Waals surface area (Å²) in [6.45, 7) is 1.69. The van der Waals surface area contributed by atoms with Gasteiger partial charge in [0.05, 0.1) is 0 Å². The van der Waals surface area contributed by atoms with Gasteiger partial charge in [-0.15, -0.1) is 10.2 Å². The highest BCUT2D eigenvalue weighted by Gasteiger charge is 2.35.